The summed E-state index contributed by atoms with van der Waals surface area (Å²) >= 11 is 1.92. The Morgan fingerprint density at radius 1 is 0.915 bits per heavy atom. The first-order chi connectivity index (χ1) is 22.9. The van der Waals surface area contributed by atoms with Crippen molar-refractivity contribution in [1.29, 1.82) is 0 Å². The number of hydrogen-bond acceptors (Lipinski definition) is 8. The van der Waals surface area contributed by atoms with E-state index in [1.54, 1.807) is 0 Å². The van der Waals surface area contributed by atoms with Gasteiger partial charge in [-0.15, -0.1) is 5.10 Å². The van der Waals surface area contributed by atoms with Crippen molar-refractivity contribution in [3.63, 3.8) is 0 Å². The van der Waals surface area contributed by atoms with Crippen LogP contribution in [-0.2, 0) is 0 Å². The third-order valence-electron chi connectivity index (χ3n) is 13.7. The molecule has 4 bridgehead atoms. The topological polar surface area (TPSA) is 78.4 Å². The van der Waals surface area contributed by atoms with E-state index in [1.807, 2.05) is 11.9 Å². The van der Waals surface area contributed by atoms with Crippen molar-refractivity contribution in [3.8, 4) is 5.88 Å². The maximum atomic E-state index is 6.26. The smallest absolute Gasteiger partial charge is 0.232 e. The van der Waals surface area contributed by atoms with Gasteiger partial charge in [-0.2, -0.15) is 0 Å². The predicted molar refractivity (Wildman–Crippen MR) is 188 cm³/mol. The van der Waals surface area contributed by atoms with Crippen molar-refractivity contribution < 1.29 is 4.74 Å². The van der Waals surface area contributed by atoms with Crippen LogP contribution in [0.5, 0.6) is 5.88 Å². The molecule has 9 rings (SSSR count). The number of nitrogens with one attached hydrogen (secondary N) is 4. The van der Waals surface area contributed by atoms with Crippen molar-refractivity contribution in [2.75, 3.05) is 19.7 Å². The lowest BCUT2D eigenvalue weighted by Gasteiger charge is -2.47. The maximum Gasteiger partial charge on any atom is 0.232 e. The van der Waals surface area contributed by atoms with E-state index < -0.39 is 0 Å². The number of piperidine rings is 2. The molecule has 3 saturated carbocycles. The number of fused-ring (bicyclic) bond motifs is 7. The molecular weight excluding hydrogens is 603 g/mol. The fraction of sp³-hybridized carbons (Fsp3) is 0.763. The Balaban J connectivity index is 0.889. The number of hydrogen-bond donors (Lipinski definition) is 4. The molecule has 0 amide bonds. The van der Waals surface area contributed by atoms with Crippen LogP contribution in [0, 0.1) is 28.6 Å². The number of aromatic nitrogens is 2. The van der Waals surface area contributed by atoms with E-state index in [9.17, 15) is 0 Å². The van der Waals surface area contributed by atoms with Gasteiger partial charge in [0.25, 0.3) is 0 Å². The predicted octanol–water partition coefficient (Wildman–Crippen LogP) is 6.56. The van der Waals surface area contributed by atoms with Crippen LogP contribution in [-0.4, -0.2) is 57.6 Å². The Morgan fingerprint density at radius 3 is 2.55 bits per heavy atom. The lowest BCUT2D eigenvalue weighted by molar-refractivity contribution is 0.00921. The van der Waals surface area contributed by atoms with Crippen LogP contribution in [0.25, 0.3) is 0 Å². The quantitative estimate of drug-likeness (QED) is 0.260. The Labute approximate surface area is 286 Å². The van der Waals surface area contributed by atoms with Gasteiger partial charge in [-0.3, -0.25) is 30.3 Å². The zero-order chi connectivity index (χ0) is 31.6. The molecule has 4 saturated heterocycles. The van der Waals surface area contributed by atoms with Crippen LogP contribution >= 0.6 is 11.9 Å². The second-order valence-corrected chi connectivity index (χ2v) is 18.0. The van der Waals surface area contributed by atoms with Crippen LogP contribution in [0.3, 0.4) is 0 Å². The molecule has 4 N–H and O–H groups in total. The normalized spacial score (nSPS) is 38.7. The van der Waals surface area contributed by atoms with E-state index in [0.717, 1.165) is 48.7 Å². The number of benzene rings is 1. The average molecular weight is 660 g/mol. The first-order valence-electron chi connectivity index (χ1n) is 19.1. The van der Waals surface area contributed by atoms with E-state index in [0.29, 0.717) is 35.6 Å². The summed E-state index contributed by atoms with van der Waals surface area (Å²) in [5.74, 6) is 2.97. The average Bonchev–Trinajstić information content (AvgIpc) is 4.03. The second-order valence-electron chi connectivity index (χ2n) is 16.9. The Hall–Kier alpha value is -1.62. The molecule has 7 unspecified atom stereocenters. The number of nitrogens with zero attached hydrogens (tertiary/aromatic N) is 3. The molecule has 7 aliphatic rings. The zero-order valence-electron chi connectivity index (χ0n) is 28.6. The molecule has 2 spiro atoms. The Kier molecular flexibility index (Phi) is 8.21. The number of ether oxygens (including phenoxy) is 1. The minimum absolute atomic E-state index is 0.152. The third-order valence-corrected chi connectivity index (χ3v) is 14.7. The molecule has 2 aromatic rings. The summed E-state index contributed by atoms with van der Waals surface area (Å²) in [5.41, 5.74) is 3.09. The van der Waals surface area contributed by atoms with Gasteiger partial charge in [0.2, 0.25) is 5.88 Å². The largest absolute Gasteiger partial charge is 0.477 e. The van der Waals surface area contributed by atoms with Gasteiger partial charge in [-0.25, -0.2) is 0 Å². The molecule has 7 fully saturated rings. The molecule has 4 aliphatic heterocycles. The van der Waals surface area contributed by atoms with Gasteiger partial charge in [0.05, 0.1) is 24.3 Å². The van der Waals surface area contributed by atoms with E-state index >= 15 is 0 Å². The van der Waals surface area contributed by atoms with Gasteiger partial charge in [0.1, 0.15) is 6.17 Å². The maximum absolute atomic E-state index is 6.26. The third kappa shape index (κ3) is 5.99. The lowest BCUT2D eigenvalue weighted by Crippen LogP contribution is -2.60. The van der Waals surface area contributed by atoms with E-state index in [1.165, 1.54) is 82.6 Å². The summed E-state index contributed by atoms with van der Waals surface area (Å²) in [7, 11) is 0. The number of rotatable bonds is 6. The van der Waals surface area contributed by atoms with Crippen LogP contribution in [0.2, 0.25) is 0 Å². The minimum Gasteiger partial charge on any atom is -0.477 e. The second kappa shape index (κ2) is 12.3. The highest BCUT2D eigenvalue weighted by Crippen LogP contribution is 2.93. The van der Waals surface area contributed by atoms with Gasteiger partial charge in [0.15, 0.2) is 0 Å². The Morgan fingerprint density at radius 2 is 1.74 bits per heavy atom. The molecular formula is C38H57N7OS. The van der Waals surface area contributed by atoms with Gasteiger partial charge < -0.3 is 4.74 Å². The monoisotopic (exact) mass is 659 g/mol. The minimum atomic E-state index is 0.152. The van der Waals surface area contributed by atoms with E-state index in [4.69, 9.17) is 9.84 Å². The van der Waals surface area contributed by atoms with Crippen LogP contribution in [0.15, 0.2) is 42.6 Å². The standard InChI is InChI=1S/C38H57N7OS/c1-36(2)23-26-11-13-29(27-7-4-3-5-8-27)40-31-9-6-10-34(41-31)47-39-24-28-12-14-32(42-35(28)44(36)25-26)45-21-15-33(43-45)46-22-16-30-37(17-18-37)38(30)19-20-38/h3-5,7-8,15,21,26,28-32,34-35,39-42H,6,9-14,16-20,22-25H2,1-2H3/t26-,28?,29?,31?,32?,34?,35?/m0/s1. The van der Waals surface area contributed by atoms with E-state index in [2.05, 4.69) is 86.7 Å². The molecule has 1 aromatic carbocycles. The van der Waals surface area contributed by atoms with Gasteiger partial charge in [0, 0.05) is 42.9 Å². The van der Waals surface area contributed by atoms with Crippen molar-refractivity contribution >= 4 is 11.9 Å². The molecule has 9 heteroatoms. The van der Waals surface area contributed by atoms with Crippen LogP contribution in [0.4, 0.5) is 0 Å². The van der Waals surface area contributed by atoms with E-state index in [-0.39, 0.29) is 11.7 Å². The Bertz CT molecular complexity index is 1370. The van der Waals surface area contributed by atoms with Crippen molar-refractivity contribution in [2.45, 2.75) is 133 Å². The highest BCUT2D eigenvalue weighted by Gasteiger charge is 2.85. The summed E-state index contributed by atoms with van der Waals surface area (Å²) in [6, 6.07) is 13.6. The molecule has 1 aromatic heterocycles. The zero-order valence-corrected chi connectivity index (χ0v) is 29.4. The summed E-state index contributed by atoms with van der Waals surface area (Å²) in [6.45, 7) is 7.97. The summed E-state index contributed by atoms with van der Waals surface area (Å²) < 4.78 is 12.3. The van der Waals surface area contributed by atoms with Crippen molar-refractivity contribution in [2.24, 2.45) is 28.6 Å². The molecule has 5 heterocycles. The highest BCUT2D eigenvalue weighted by atomic mass is 32.2. The molecule has 8 atom stereocenters. The summed E-state index contributed by atoms with van der Waals surface area (Å²) in [4.78, 5) is 2.83. The SMILES string of the molecule is CC1(C)C[C@@H]2CCC(c3ccccc3)NC3CCCC(N3)SNCC3CCC(n4ccc(OCCC5C6(CC6)C56CC6)n4)NC3N1C2. The van der Waals surface area contributed by atoms with Crippen molar-refractivity contribution in [1.82, 2.24) is 35.4 Å². The fourth-order valence-corrected chi connectivity index (χ4v) is 12.1. The summed E-state index contributed by atoms with van der Waals surface area (Å²) in [5, 5.41) is 17.6. The van der Waals surface area contributed by atoms with Gasteiger partial charge >= 0.3 is 0 Å². The van der Waals surface area contributed by atoms with Crippen LogP contribution < -0.4 is 25.4 Å². The fourth-order valence-electron chi connectivity index (χ4n) is 11.1. The summed E-state index contributed by atoms with van der Waals surface area (Å²) in [6.07, 6.45) is 19.8. The first-order valence-corrected chi connectivity index (χ1v) is 20.0. The van der Waals surface area contributed by atoms with Crippen LogP contribution in [0.1, 0.15) is 115 Å². The molecule has 256 valence electrons. The molecule has 0 radical (unpaired) electrons. The molecule has 3 aliphatic carbocycles. The van der Waals surface area contributed by atoms with Gasteiger partial charge in [-0.05, 0) is 126 Å². The molecule has 8 nitrogen and oxygen atoms in total. The van der Waals surface area contributed by atoms with Crippen molar-refractivity contribution in [3.05, 3.63) is 48.2 Å². The first kappa shape index (κ1) is 31.4. The lowest BCUT2D eigenvalue weighted by atomic mass is 9.89. The highest BCUT2D eigenvalue weighted by molar-refractivity contribution is 7.98. The van der Waals surface area contributed by atoms with Gasteiger partial charge in [-0.1, -0.05) is 42.3 Å². The molecule has 47 heavy (non-hydrogen) atoms.